The zero-order valence-corrected chi connectivity index (χ0v) is 22.6. The van der Waals surface area contributed by atoms with Gasteiger partial charge in [0.25, 0.3) is 5.91 Å². The van der Waals surface area contributed by atoms with Crippen molar-refractivity contribution in [3.8, 4) is 11.1 Å². The predicted octanol–water partition coefficient (Wildman–Crippen LogP) is 3.44. The Morgan fingerprint density at radius 3 is 2.69 bits per heavy atom. The molecule has 2 fully saturated rings. The van der Waals surface area contributed by atoms with Crippen LogP contribution in [0, 0.1) is 18.8 Å². The fourth-order valence-electron chi connectivity index (χ4n) is 5.71. The molecule has 3 unspecified atom stereocenters. The molecule has 8 heteroatoms. The van der Waals surface area contributed by atoms with Crippen molar-refractivity contribution in [3.05, 3.63) is 35.7 Å². The van der Waals surface area contributed by atoms with Gasteiger partial charge in [-0.15, -0.1) is 0 Å². The molecular formula is C28H44N6O2. The van der Waals surface area contributed by atoms with E-state index in [-0.39, 0.29) is 11.8 Å². The molecule has 2 aliphatic rings. The molecule has 36 heavy (non-hydrogen) atoms. The summed E-state index contributed by atoms with van der Waals surface area (Å²) in [5, 5.41) is 11.0. The molecular weight excluding hydrogens is 452 g/mol. The van der Waals surface area contributed by atoms with Crippen molar-refractivity contribution in [2.45, 2.75) is 71.0 Å². The number of nitrogens with one attached hydrogen (secondary N) is 2. The average molecular weight is 497 g/mol. The molecule has 8 nitrogen and oxygen atoms in total. The summed E-state index contributed by atoms with van der Waals surface area (Å²) in [6, 6.07) is 5.35. The van der Waals surface area contributed by atoms with Crippen LogP contribution < -0.4 is 21.3 Å². The molecule has 1 aliphatic carbocycles. The Kier molecular flexibility index (Phi) is 8.70. The van der Waals surface area contributed by atoms with E-state index >= 15 is 0 Å². The third kappa shape index (κ3) is 6.28. The lowest BCUT2D eigenvalue weighted by molar-refractivity contribution is 0.0394. The molecule has 4 rings (SSSR count). The number of nitrogens with zero attached hydrogens (tertiary/aromatic N) is 3. The van der Waals surface area contributed by atoms with E-state index in [1.165, 1.54) is 0 Å². The van der Waals surface area contributed by atoms with Crippen LogP contribution in [-0.4, -0.2) is 60.7 Å². The third-order valence-electron chi connectivity index (χ3n) is 8.25. The standard InChI is InChI=1S/C28H44N6O2/c1-18-10-19(2)31-17-36-16-23(18)13-30-28(35)26-11-21(22-14-32-33(4)15-22)12-27(20(26)3)34(5)25-8-6-24(29)7-9-25/h11-12,14-15,18-19,23-25,31H,6-10,13,16-17,29H2,1-5H3,(H,30,35). The molecule has 2 aromatic rings. The number of aryl methyl sites for hydroxylation is 1. The van der Waals surface area contributed by atoms with Crippen LogP contribution in [0.3, 0.4) is 0 Å². The topological polar surface area (TPSA) is 97.4 Å². The molecule has 4 N–H and O–H groups in total. The van der Waals surface area contributed by atoms with Gasteiger partial charge in [0, 0.05) is 67.7 Å². The number of carbonyl (C=O) groups excluding carboxylic acids is 1. The quantitative estimate of drug-likeness (QED) is 0.567. The Hall–Kier alpha value is -2.42. The van der Waals surface area contributed by atoms with Crippen LogP contribution in [0.2, 0.25) is 0 Å². The van der Waals surface area contributed by atoms with Gasteiger partial charge >= 0.3 is 0 Å². The third-order valence-corrected chi connectivity index (χ3v) is 8.25. The Labute approximate surface area is 215 Å². The number of anilines is 1. The van der Waals surface area contributed by atoms with Crippen LogP contribution in [0.4, 0.5) is 5.69 Å². The summed E-state index contributed by atoms with van der Waals surface area (Å²) in [6.45, 7) is 8.32. The fraction of sp³-hybridized carbons (Fsp3) is 0.643. The van der Waals surface area contributed by atoms with Crippen molar-refractivity contribution in [2.75, 3.05) is 31.8 Å². The number of aromatic nitrogens is 2. The molecule has 1 aromatic heterocycles. The zero-order chi connectivity index (χ0) is 25.8. The molecule has 1 saturated heterocycles. The predicted molar refractivity (Wildman–Crippen MR) is 145 cm³/mol. The highest BCUT2D eigenvalue weighted by atomic mass is 16.5. The van der Waals surface area contributed by atoms with Crippen LogP contribution in [0.15, 0.2) is 24.5 Å². The van der Waals surface area contributed by atoms with Crippen molar-refractivity contribution in [1.82, 2.24) is 20.4 Å². The second-order valence-electron chi connectivity index (χ2n) is 11.1. The molecule has 0 radical (unpaired) electrons. The van der Waals surface area contributed by atoms with Gasteiger partial charge in [-0.2, -0.15) is 5.10 Å². The minimum atomic E-state index is -0.0287. The maximum Gasteiger partial charge on any atom is 0.251 e. The number of amides is 1. The molecule has 198 valence electrons. The van der Waals surface area contributed by atoms with E-state index in [0.717, 1.165) is 60.0 Å². The van der Waals surface area contributed by atoms with E-state index in [2.05, 4.69) is 54.5 Å². The van der Waals surface area contributed by atoms with E-state index in [0.29, 0.717) is 43.9 Å². The van der Waals surface area contributed by atoms with Crippen LogP contribution in [0.25, 0.3) is 11.1 Å². The number of hydrogen-bond donors (Lipinski definition) is 3. The Bertz CT molecular complexity index is 1030. The highest BCUT2D eigenvalue weighted by Crippen LogP contribution is 2.34. The number of rotatable bonds is 6. The van der Waals surface area contributed by atoms with E-state index in [1.54, 1.807) is 4.68 Å². The largest absolute Gasteiger partial charge is 0.371 e. The van der Waals surface area contributed by atoms with Crippen molar-refractivity contribution in [1.29, 1.82) is 0 Å². The molecule has 1 aliphatic heterocycles. The van der Waals surface area contributed by atoms with Crippen molar-refractivity contribution >= 4 is 11.6 Å². The minimum absolute atomic E-state index is 0.0287. The summed E-state index contributed by atoms with van der Waals surface area (Å²) in [6.07, 6.45) is 9.15. The van der Waals surface area contributed by atoms with Gasteiger partial charge in [0.1, 0.15) is 0 Å². The van der Waals surface area contributed by atoms with Gasteiger partial charge in [-0.3, -0.25) is 14.8 Å². The van der Waals surface area contributed by atoms with Gasteiger partial charge in [-0.1, -0.05) is 6.92 Å². The number of hydrogen-bond acceptors (Lipinski definition) is 6. The molecule has 1 saturated carbocycles. The molecule has 0 spiro atoms. The molecule has 3 atom stereocenters. The lowest BCUT2D eigenvalue weighted by Crippen LogP contribution is -2.41. The second-order valence-corrected chi connectivity index (χ2v) is 11.1. The van der Waals surface area contributed by atoms with Crippen LogP contribution in [0.5, 0.6) is 0 Å². The van der Waals surface area contributed by atoms with Gasteiger partial charge in [0.2, 0.25) is 0 Å². The maximum absolute atomic E-state index is 13.6. The highest BCUT2D eigenvalue weighted by Gasteiger charge is 2.27. The molecule has 1 amide bonds. The van der Waals surface area contributed by atoms with Crippen LogP contribution in [0.1, 0.15) is 61.9 Å². The lowest BCUT2D eigenvalue weighted by Gasteiger charge is -2.36. The van der Waals surface area contributed by atoms with Gasteiger partial charge in [-0.05, 0) is 75.1 Å². The summed E-state index contributed by atoms with van der Waals surface area (Å²) < 4.78 is 7.61. The molecule has 2 heterocycles. The monoisotopic (exact) mass is 496 g/mol. The number of ether oxygens (including phenoxy) is 1. The summed E-state index contributed by atoms with van der Waals surface area (Å²) in [7, 11) is 4.07. The van der Waals surface area contributed by atoms with Crippen molar-refractivity contribution < 1.29 is 9.53 Å². The van der Waals surface area contributed by atoms with E-state index < -0.39 is 0 Å². The van der Waals surface area contributed by atoms with E-state index in [9.17, 15) is 4.79 Å². The Balaban J connectivity index is 1.58. The van der Waals surface area contributed by atoms with Crippen molar-refractivity contribution in [3.63, 3.8) is 0 Å². The number of carbonyl (C=O) groups is 1. The smallest absolute Gasteiger partial charge is 0.251 e. The van der Waals surface area contributed by atoms with Gasteiger partial charge in [0.05, 0.1) is 19.5 Å². The van der Waals surface area contributed by atoms with Crippen molar-refractivity contribution in [2.24, 2.45) is 24.6 Å². The summed E-state index contributed by atoms with van der Waals surface area (Å²) in [5.41, 5.74) is 11.0. The number of nitrogens with two attached hydrogens (primary N) is 1. The first-order valence-corrected chi connectivity index (χ1v) is 13.4. The molecule has 0 bridgehead atoms. The summed E-state index contributed by atoms with van der Waals surface area (Å²) in [5.74, 6) is 0.711. The zero-order valence-electron chi connectivity index (χ0n) is 22.6. The van der Waals surface area contributed by atoms with Gasteiger partial charge in [0.15, 0.2) is 0 Å². The summed E-state index contributed by atoms with van der Waals surface area (Å²) >= 11 is 0. The van der Waals surface area contributed by atoms with E-state index in [1.807, 2.05) is 25.5 Å². The average Bonchev–Trinajstić information content (AvgIpc) is 3.28. The first-order valence-electron chi connectivity index (χ1n) is 13.4. The van der Waals surface area contributed by atoms with E-state index in [4.69, 9.17) is 10.5 Å². The lowest BCUT2D eigenvalue weighted by atomic mass is 9.88. The molecule has 1 aromatic carbocycles. The van der Waals surface area contributed by atoms with Crippen LogP contribution in [-0.2, 0) is 11.8 Å². The van der Waals surface area contributed by atoms with Crippen LogP contribution >= 0.6 is 0 Å². The normalized spacial score (nSPS) is 27.2. The summed E-state index contributed by atoms with van der Waals surface area (Å²) in [4.78, 5) is 16.0. The van der Waals surface area contributed by atoms with Gasteiger partial charge < -0.3 is 20.7 Å². The SMILES string of the molecule is Cc1c(C(=O)NCC2COCNC(C)CC2C)cc(-c2cnn(C)c2)cc1N(C)C1CCC(N)CC1. The minimum Gasteiger partial charge on any atom is -0.371 e. The second kappa shape index (κ2) is 11.8. The first kappa shape index (κ1) is 26.6. The first-order chi connectivity index (χ1) is 17.2. The Morgan fingerprint density at radius 2 is 2.00 bits per heavy atom. The Morgan fingerprint density at radius 1 is 1.25 bits per heavy atom. The highest BCUT2D eigenvalue weighted by molar-refractivity contribution is 5.98. The fourth-order valence-corrected chi connectivity index (χ4v) is 5.71. The number of benzene rings is 1. The maximum atomic E-state index is 13.6. The van der Waals surface area contributed by atoms with Gasteiger partial charge in [-0.25, -0.2) is 0 Å².